The Morgan fingerprint density at radius 1 is 1.10 bits per heavy atom. The van der Waals surface area contributed by atoms with E-state index < -0.39 is 0 Å². The SMILES string of the molecule is COc1ccccc1N1CCC(CNCC2COc3cccc(F)c3O2)CC1.Cl. The highest BCUT2D eigenvalue weighted by atomic mass is 35.5. The van der Waals surface area contributed by atoms with Gasteiger partial charge in [0.15, 0.2) is 17.3 Å². The maximum atomic E-state index is 13.8. The molecule has 0 aliphatic carbocycles. The zero-order valence-electron chi connectivity index (χ0n) is 16.6. The Hall–Kier alpha value is -2.18. The van der Waals surface area contributed by atoms with E-state index in [2.05, 4.69) is 22.3 Å². The van der Waals surface area contributed by atoms with Crippen molar-refractivity contribution < 1.29 is 18.6 Å². The Morgan fingerprint density at radius 2 is 1.90 bits per heavy atom. The number of methoxy groups -OCH3 is 1. The molecule has 2 aliphatic rings. The van der Waals surface area contributed by atoms with Gasteiger partial charge in [0, 0.05) is 19.6 Å². The first-order chi connectivity index (χ1) is 13.7. The van der Waals surface area contributed by atoms with Gasteiger partial charge in [0.05, 0.1) is 12.8 Å². The van der Waals surface area contributed by atoms with Crippen LogP contribution in [0.1, 0.15) is 12.8 Å². The van der Waals surface area contributed by atoms with Crippen molar-refractivity contribution in [1.82, 2.24) is 5.32 Å². The fourth-order valence-electron chi connectivity index (χ4n) is 3.92. The normalized spacial score (nSPS) is 18.8. The van der Waals surface area contributed by atoms with Crippen LogP contribution in [-0.4, -0.2) is 46.0 Å². The molecule has 2 heterocycles. The zero-order valence-corrected chi connectivity index (χ0v) is 17.4. The molecule has 1 atom stereocenters. The van der Waals surface area contributed by atoms with E-state index in [0.717, 1.165) is 38.2 Å². The van der Waals surface area contributed by atoms with Crippen LogP contribution in [0.15, 0.2) is 42.5 Å². The molecule has 2 aliphatic heterocycles. The van der Waals surface area contributed by atoms with E-state index in [1.165, 1.54) is 11.8 Å². The lowest BCUT2D eigenvalue weighted by Crippen LogP contribution is -2.42. The molecule has 0 saturated carbocycles. The monoisotopic (exact) mass is 422 g/mol. The molecular weight excluding hydrogens is 395 g/mol. The van der Waals surface area contributed by atoms with Crippen molar-refractivity contribution >= 4 is 18.1 Å². The smallest absolute Gasteiger partial charge is 0.197 e. The van der Waals surface area contributed by atoms with Crippen molar-refractivity contribution in [2.24, 2.45) is 5.92 Å². The predicted molar refractivity (Wildman–Crippen MR) is 114 cm³/mol. The minimum absolute atomic E-state index is 0. The third kappa shape index (κ3) is 5.06. The maximum Gasteiger partial charge on any atom is 0.197 e. The minimum Gasteiger partial charge on any atom is -0.495 e. The average Bonchev–Trinajstić information content (AvgIpc) is 2.75. The van der Waals surface area contributed by atoms with Crippen LogP contribution in [0.5, 0.6) is 17.2 Å². The van der Waals surface area contributed by atoms with Crippen molar-refractivity contribution in [2.75, 3.05) is 44.8 Å². The van der Waals surface area contributed by atoms with E-state index in [1.54, 1.807) is 19.2 Å². The molecule has 0 bridgehead atoms. The van der Waals surface area contributed by atoms with Crippen molar-refractivity contribution in [3.05, 3.63) is 48.3 Å². The largest absolute Gasteiger partial charge is 0.495 e. The highest BCUT2D eigenvalue weighted by Crippen LogP contribution is 2.34. The fourth-order valence-corrected chi connectivity index (χ4v) is 3.92. The molecule has 2 aromatic rings. The molecule has 0 spiro atoms. The van der Waals surface area contributed by atoms with Gasteiger partial charge in [-0.2, -0.15) is 0 Å². The standard InChI is InChI=1S/C22H27FN2O3.ClH/c1-26-20-7-3-2-6-19(20)25-11-9-16(10-12-25)13-24-14-17-15-27-21-8-4-5-18(23)22(21)28-17;/h2-8,16-17,24H,9-15H2,1H3;1H. The number of nitrogens with zero attached hydrogens (tertiary/aromatic N) is 1. The Kier molecular flexibility index (Phi) is 7.45. The fraction of sp³-hybridized carbons (Fsp3) is 0.455. The van der Waals surface area contributed by atoms with E-state index in [9.17, 15) is 4.39 Å². The summed E-state index contributed by atoms with van der Waals surface area (Å²) >= 11 is 0. The lowest BCUT2D eigenvalue weighted by Gasteiger charge is -2.34. The molecule has 2 aromatic carbocycles. The maximum absolute atomic E-state index is 13.8. The molecular formula is C22H28ClFN2O3. The van der Waals surface area contributed by atoms with E-state index in [1.807, 2.05) is 12.1 Å². The van der Waals surface area contributed by atoms with Crippen molar-refractivity contribution in [3.8, 4) is 17.2 Å². The molecule has 0 amide bonds. The molecule has 158 valence electrons. The number of para-hydroxylation sites is 3. The summed E-state index contributed by atoms with van der Waals surface area (Å²) in [6.45, 7) is 4.07. The summed E-state index contributed by atoms with van der Waals surface area (Å²) in [7, 11) is 1.72. The molecule has 5 nitrogen and oxygen atoms in total. The van der Waals surface area contributed by atoms with Crippen LogP contribution in [-0.2, 0) is 0 Å². The number of hydrogen-bond acceptors (Lipinski definition) is 5. The first kappa shape index (κ1) is 21.5. The van der Waals surface area contributed by atoms with Gasteiger partial charge in [-0.15, -0.1) is 12.4 Å². The quantitative estimate of drug-likeness (QED) is 0.764. The summed E-state index contributed by atoms with van der Waals surface area (Å²) in [5, 5.41) is 3.48. The molecule has 1 fully saturated rings. The van der Waals surface area contributed by atoms with Crippen molar-refractivity contribution in [2.45, 2.75) is 18.9 Å². The topological polar surface area (TPSA) is 43.0 Å². The van der Waals surface area contributed by atoms with Gasteiger partial charge in [-0.3, -0.25) is 0 Å². The van der Waals surface area contributed by atoms with Gasteiger partial charge in [-0.05, 0) is 49.6 Å². The highest BCUT2D eigenvalue weighted by Gasteiger charge is 2.25. The number of anilines is 1. The number of rotatable bonds is 6. The number of nitrogens with one attached hydrogen (secondary N) is 1. The van der Waals surface area contributed by atoms with E-state index in [-0.39, 0.29) is 30.1 Å². The first-order valence-electron chi connectivity index (χ1n) is 9.91. The molecule has 1 saturated heterocycles. The van der Waals surface area contributed by atoms with Crippen molar-refractivity contribution in [3.63, 3.8) is 0 Å². The second-order valence-corrected chi connectivity index (χ2v) is 7.38. The Bertz CT molecular complexity index is 799. The number of fused-ring (bicyclic) bond motifs is 1. The number of halogens is 2. The molecule has 1 unspecified atom stereocenters. The summed E-state index contributed by atoms with van der Waals surface area (Å²) in [4.78, 5) is 2.40. The second kappa shape index (κ2) is 10.0. The number of ether oxygens (including phenoxy) is 3. The Morgan fingerprint density at radius 3 is 2.69 bits per heavy atom. The molecule has 0 radical (unpaired) electrons. The molecule has 29 heavy (non-hydrogen) atoms. The van der Waals surface area contributed by atoms with Gasteiger partial charge in [0.25, 0.3) is 0 Å². The predicted octanol–water partition coefficient (Wildman–Crippen LogP) is 3.90. The van der Waals surface area contributed by atoms with Gasteiger partial charge >= 0.3 is 0 Å². The average molecular weight is 423 g/mol. The number of hydrogen-bond donors (Lipinski definition) is 1. The third-order valence-corrected chi connectivity index (χ3v) is 5.49. The van der Waals surface area contributed by atoms with Gasteiger partial charge in [-0.25, -0.2) is 4.39 Å². The summed E-state index contributed by atoms with van der Waals surface area (Å²) in [5.74, 6) is 1.90. The van der Waals surface area contributed by atoms with Crippen LogP contribution in [0.4, 0.5) is 10.1 Å². The Labute approximate surface area is 177 Å². The second-order valence-electron chi connectivity index (χ2n) is 7.38. The van der Waals surface area contributed by atoms with Crippen LogP contribution >= 0.6 is 12.4 Å². The van der Waals surface area contributed by atoms with E-state index in [0.29, 0.717) is 24.8 Å². The van der Waals surface area contributed by atoms with Gasteiger partial charge in [0.1, 0.15) is 18.5 Å². The third-order valence-electron chi connectivity index (χ3n) is 5.49. The summed E-state index contributed by atoms with van der Waals surface area (Å²) in [6, 6.07) is 12.9. The molecule has 1 N–H and O–H groups in total. The van der Waals surface area contributed by atoms with Crippen LogP contribution in [0.2, 0.25) is 0 Å². The highest BCUT2D eigenvalue weighted by molar-refractivity contribution is 5.85. The summed E-state index contributed by atoms with van der Waals surface area (Å²) < 4.78 is 30.7. The molecule has 7 heteroatoms. The van der Waals surface area contributed by atoms with Crippen molar-refractivity contribution in [1.29, 1.82) is 0 Å². The summed E-state index contributed by atoms with van der Waals surface area (Å²) in [5.41, 5.74) is 1.17. The minimum atomic E-state index is -0.370. The lowest BCUT2D eigenvalue weighted by molar-refractivity contribution is 0.0841. The molecule has 4 rings (SSSR count). The van der Waals surface area contributed by atoms with Crippen LogP contribution in [0.25, 0.3) is 0 Å². The van der Waals surface area contributed by atoms with Gasteiger partial charge < -0.3 is 24.4 Å². The first-order valence-corrected chi connectivity index (χ1v) is 9.91. The molecule has 0 aromatic heterocycles. The van der Waals surface area contributed by atoms with E-state index in [4.69, 9.17) is 14.2 Å². The Balaban J connectivity index is 0.00000240. The van der Waals surface area contributed by atoms with E-state index >= 15 is 0 Å². The summed E-state index contributed by atoms with van der Waals surface area (Å²) in [6.07, 6.45) is 2.09. The zero-order chi connectivity index (χ0) is 19.3. The van der Waals surface area contributed by atoms with Gasteiger partial charge in [0.2, 0.25) is 0 Å². The lowest BCUT2D eigenvalue weighted by atomic mass is 9.96. The van der Waals surface area contributed by atoms with Gasteiger partial charge in [-0.1, -0.05) is 18.2 Å². The van der Waals surface area contributed by atoms with Crippen LogP contribution in [0, 0.1) is 11.7 Å². The number of piperidine rings is 1. The van der Waals surface area contributed by atoms with Crippen LogP contribution in [0.3, 0.4) is 0 Å². The van der Waals surface area contributed by atoms with Crippen LogP contribution < -0.4 is 24.4 Å². The number of benzene rings is 2.